The van der Waals surface area contributed by atoms with Crippen LogP contribution in [0.4, 0.5) is 4.79 Å². The lowest BCUT2D eigenvalue weighted by atomic mass is 9.96. The van der Waals surface area contributed by atoms with Crippen LogP contribution in [0.5, 0.6) is 0 Å². The molecule has 1 saturated heterocycles. The maximum Gasteiger partial charge on any atom is 0.325 e. The minimum Gasteiger partial charge on any atom is -0.336 e. The van der Waals surface area contributed by atoms with Crippen LogP contribution in [0, 0.1) is 5.92 Å². The van der Waals surface area contributed by atoms with E-state index in [1.807, 2.05) is 17.7 Å². The van der Waals surface area contributed by atoms with Gasteiger partial charge in [-0.15, -0.1) is 0 Å². The minimum absolute atomic E-state index is 0.0879. The maximum atomic E-state index is 12.3. The molecule has 1 aromatic heterocycles. The molecule has 3 rings (SSSR count). The molecule has 96 valence electrons. The van der Waals surface area contributed by atoms with Gasteiger partial charge in [-0.2, -0.15) is 0 Å². The zero-order valence-corrected chi connectivity index (χ0v) is 10.3. The Labute approximate surface area is 105 Å². The van der Waals surface area contributed by atoms with Crippen LogP contribution in [-0.4, -0.2) is 38.5 Å². The van der Waals surface area contributed by atoms with Crippen molar-refractivity contribution >= 4 is 11.9 Å². The molecule has 2 fully saturated rings. The fourth-order valence-corrected chi connectivity index (χ4v) is 2.49. The fourth-order valence-electron chi connectivity index (χ4n) is 2.49. The van der Waals surface area contributed by atoms with Gasteiger partial charge in [-0.25, -0.2) is 9.78 Å². The average molecular weight is 248 g/mol. The molecule has 18 heavy (non-hydrogen) atoms. The molecule has 1 atom stereocenters. The normalized spacial score (nSPS) is 27.7. The summed E-state index contributed by atoms with van der Waals surface area (Å²) in [7, 11) is 0. The number of hydrogen-bond acceptors (Lipinski definition) is 3. The number of imidazole rings is 1. The number of aromatic nitrogens is 2. The molecule has 1 aliphatic heterocycles. The Morgan fingerprint density at radius 2 is 2.22 bits per heavy atom. The van der Waals surface area contributed by atoms with E-state index in [4.69, 9.17) is 0 Å². The van der Waals surface area contributed by atoms with Crippen molar-refractivity contribution in [2.45, 2.75) is 31.8 Å². The topological polar surface area (TPSA) is 67.2 Å². The number of rotatable bonds is 4. The number of carbonyl (C=O) groups excluding carboxylic acids is 2. The Morgan fingerprint density at radius 1 is 1.44 bits per heavy atom. The molecule has 0 unspecified atom stereocenters. The van der Waals surface area contributed by atoms with Crippen LogP contribution in [0.25, 0.3) is 0 Å². The van der Waals surface area contributed by atoms with Gasteiger partial charge >= 0.3 is 6.03 Å². The largest absolute Gasteiger partial charge is 0.336 e. The van der Waals surface area contributed by atoms with Crippen molar-refractivity contribution in [3.05, 3.63) is 18.7 Å². The highest BCUT2D eigenvalue weighted by Crippen LogP contribution is 2.42. The molecule has 1 N–H and O–H groups in total. The van der Waals surface area contributed by atoms with Crippen LogP contribution in [0.15, 0.2) is 18.7 Å². The zero-order chi connectivity index (χ0) is 12.8. The van der Waals surface area contributed by atoms with Crippen molar-refractivity contribution in [1.29, 1.82) is 0 Å². The zero-order valence-electron chi connectivity index (χ0n) is 10.3. The SMILES string of the molecule is C[C@@]1(C2CC2)NC(=O)N(CCn2ccnc2)C1=O. The summed E-state index contributed by atoms with van der Waals surface area (Å²) in [5, 5.41) is 2.83. The third-order valence-corrected chi connectivity index (χ3v) is 3.84. The first-order valence-electron chi connectivity index (χ1n) is 6.21. The van der Waals surface area contributed by atoms with Crippen molar-refractivity contribution in [3.63, 3.8) is 0 Å². The first-order valence-corrected chi connectivity index (χ1v) is 6.21. The lowest BCUT2D eigenvalue weighted by molar-refractivity contribution is -0.131. The summed E-state index contributed by atoms with van der Waals surface area (Å²) in [6.07, 6.45) is 7.23. The second-order valence-electron chi connectivity index (χ2n) is 5.16. The number of hydrogen-bond donors (Lipinski definition) is 1. The molecule has 1 aliphatic carbocycles. The number of urea groups is 1. The summed E-state index contributed by atoms with van der Waals surface area (Å²) >= 11 is 0. The van der Waals surface area contributed by atoms with Crippen LogP contribution >= 0.6 is 0 Å². The summed E-state index contributed by atoms with van der Waals surface area (Å²) in [6, 6.07) is -0.269. The van der Waals surface area contributed by atoms with Crippen LogP contribution < -0.4 is 5.32 Å². The van der Waals surface area contributed by atoms with Gasteiger partial charge in [0.05, 0.1) is 6.33 Å². The van der Waals surface area contributed by atoms with E-state index in [9.17, 15) is 9.59 Å². The molecule has 6 heteroatoms. The smallest absolute Gasteiger partial charge is 0.325 e. The van der Waals surface area contributed by atoms with Gasteiger partial charge in [0.25, 0.3) is 5.91 Å². The Balaban J connectivity index is 1.69. The molecule has 3 amide bonds. The van der Waals surface area contributed by atoms with E-state index in [1.165, 1.54) is 4.90 Å². The fraction of sp³-hybridized carbons (Fsp3) is 0.583. The first-order chi connectivity index (χ1) is 8.61. The van der Waals surface area contributed by atoms with Crippen molar-refractivity contribution in [2.75, 3.05) is 6.54 Å². The van der Waals surface area contributed by atoms with Crippen molar-refractivity contribution in [3.8, 4) is 0 Å². The van der Waals surface area contributed by atoms with Crippen molar-refractivity contribution in [2.24, 2.45) is 5.92 Å². The lowest BCUT2D eigenvalue weighted by Crippen LogP contribution is -2.46. The predicted molar refractivity (Wildman–Crippen MR) is 63.6 cm³/mol. The van der Waals surface area contributed by atoms with Crippen LogP contribution in [0.3, 0.4) is 0 Å². The number of nitrogens with one attached hydrogen (secondary N) is 1. The highest BCUT2D eigenvalue weighted by molar-refractivity contribution is 6.07. The number of amides is 3. The average Bonchev–Trinajstić information content (AvgIpc) is 3.03. The Morgan fingerprint density at radius 3 is 2.83 bits per heavy atom. The van der Waals surface area contributed by atoms with Gasteiger partial charge in [-0.1, -0.05) is 0 Å². The molecule has 6 nitrogen and oxygen atoms in total. The van der Waals surface area contributed by atoms with Gasteiger partial charge in [-0.05, 0) is 25.7 Å². The molecule has 2 heterocycles. The number of carbonyl (C=O) groups is 2. The molecule has 0 aromatic carbocycles. The number of nitrogens with zero attached hydrogens (tertiary/aromatic N) is 3. The van der Waals surface area contributed by atoms with Crippen LogP contribution in [-0.2, 0) is 11.3 Å². The third-order valence-electron chi connectivity index (χ3n) is 3.84. The monoisotopic (exact) mass is 248 g/mol. The van der Waals surface area contributed by atoms with Crippen LogP contribution in [0.1, 0.15) is 19.8 Å². The van der Waals surface area contributed by atoms with E-state index in [0.29, 0.717) is 19.0 Å². The summed E-state index contributed by atoms with van der Waals surface area (Å²) in [5.41, 5.74) is -0.675. The predicted octanol–water partition coefficient (Wildman–Crippen LogP) is 0.604. The quantitative estimate of drug-likeness (QED) is 0.794. The third kappa shape index (κ3) is 1.68. The molecule has 1 saturated carbocycles. The Bertz CT molecular complexity index is 480. The molecule has 2 aliphatic rings. The summed E-state index contributed by atoms with van der Waals surface area (Å²) in [4.78, 5) is 29.4. The summed E-state index contributed by atoms with van der Waals surface area (Å²) in [6.45, 7) is 2.81. The van der Waals surface area contributed by atoms with Gasteiger partial charge in [0.1, 0.15) is 5.54 Å². The molecular weight excluding hydrogens is 232 g/mol. The second-order valence-corrected chi connectivity index (χ2v) is 5.16. The van der Waals surface area contributed by atoms with Crippen molar-refractivity contribution < 1.29 is 9.59 Å². The van der Waals surface area contributed by atoms with Gasteiger partial charge < -0.3 is 9.88 Å². The van der Waals surface area contributed by atoms with Gasteiger partial charge in [0, 0.05) is 25.5 Å². The number of imide groups is 1. The van der Waals surface area contributed by atoms with E-state index < -0.39 is 5.54 Å². The molecule has 0 bridgehead atoms. The Hall–Kier alpha value is -1.85. The first kappa shape index (κ1) is 11.3. The van der Waals surface area contributed by atoms with E-state index in [1.54, 1.807) is 12.5 Å². The Kier molecular flexibility index (Phi) is 2.39. The van der Waals surface area contributed by atoms with Gasteiger partial charge in [-0.3, -0.25) is 9.69 Å². The molecule has 1 aromatic rings. The highest BCUT2D eigenvalue weighted by atomic mass is 16.2. The highest BCUT2D eigenvalue weighted by Gasteiger charge is 2.55. The molecule has 0 spiro atoms. The van der Waals surface area contributed by atoms with E-state index in [-0.39, 0.29) is 11.9 Å². The van der Waals surface area contributed by atoms with Crippen molar-refractivity contribution in [1.82, 2.24) is 19.8 Å². The second kappa shape index (κ2) is 3.83. The van der Waals surface area contributed by atoms with E-state index in [0.717, 1.165) is 12.8 Å². The van der Waals surface area contributed by atoms with E-state index in [2.05, 4.69) is 10.3 Å². The lowest BCUT2D eigenvalue weighted by Gasteiger charge is -2.20. The standard InChI is InChI=1S/C12H16N4O2/c1-12(9-2-3-9)10(17)16(11(18)14-12)7-6-15-5-4-13-8-15/h4-5,8-9H,2-3,6-7H2,1H3,(H,14,18)/t12-/m0/s1. The summed E-state index contributed by atoms with van der Waals surface area (Å²) < 4.78 is 1.85. The minimum atomic E-state index is -0.675. The molecular formula is C12H16N4O2. The molecule has 0 radical (unpaired) electrons. The maximum absolute atomic E-state index is 12.3. The van der Waals surface area contributed by atoms with Crippen LogP contribution in [0.2, 0.25) is 0 Å². The van der Waals surface area contributed by atoms with Gasteiger partial charge in [0.2, 0.25) is 0 Å². The van der Waals surface area contributed by atoms with E-state index >= 15 is 0 Å². The summed E-state index contributed by atoms with van der Waals surface area (Å²) in [5.74, 6) is 0.224. The van der Waals surface area contributed by atoms with Gasteiger partial charge in [0.15, 0.2) is 0 Å².